The minimum Gasteiger partial charge on any atom is -0.355 e. The molecule has 10 heteroatoms. The number of carbonyl (C=O) groups excluding carboxylic acids is 1. The van der Waals surface area contributed by atoms with Gasteiger partial charge in [-0.1, -0.05) is 35.5 Å². The number of rotatable bonds is 6. The maximum Gasteiger partial charge on any atom is 0.248 e. The first-order valence-electron chi connectivity index (χ1n) is 10.7. The lowest BCUT2D eigenvalue weighted by atomic mass is 9.98. The first kappa shape index (κ1) is 23.8. The number of sulfonamides is 1. The van der Waals surface area contributed by atoms with Crippen molar-refractivity contribution < 1.29 is 26.5 Å². The van der Waals surface area contributed by atoms with E-state index in [1.165, 1.54) is 47.6 Å². The van der Waals surface area contributed by atoms with Crippen LogP contribution in [-0.4, -0.2) is 36.9 Å². The maximum absolute atomic E-state index is 13.9. The fourth-order valence-electron chi connectivity index (χ4n) is 3.88. The highest BCUT2D eigenvalue weighted by Gasteiger charge is 2.37. The number of nitrogens with zero attached hydrogens (tertiary/aromatic N) is 2. The van der Waals surface area contributed by atoms with E-state index in [0.717, 1.165) is 0 Å². The number of carbonyl (C=O) groups is 1. The molecular formula is C24H23F2N3O4S. The Morgan fingerprint density at radius 2 is 1.82 bits per heavy atom. The number of benzene rings is 2. The van der Waals surface area contributed by atoms with Gasteiger partial charge >= 0.3 is 0 Å². The summed E-state index contributed by atoms with van der Waals surface area (Å²) in [5.74, 6) is -2.16. The van der Waals surface area contributed by atoms with Crippen molar-refractivity contribution in [3.05, 3.63) is 77.2 Å². The van der Waals surface area contributed by atoms with E-state index in [9.17, 15) is 22.0 Å². The number of aromatic nitrogens is 1. The highest BCUT2D eigenvalue weighted by atomic mass is 32.2. The Hall–Kier alpha value is -3.37. The van der Waals surface area contributed by atoms with Gasteiger partial charge in [0.25, 0.3) is 0 Å². The van der Waals surface area contributed by atoms with Gasteiger partial charge in [0.05, 0.1) is 11.6 Å². The van der Waals surface area contributed by atoms with Crippen LogP contribution in [0.1, 0.15) is 29.9 Å². The molecule has 178 valence electrons. The smallest absolute Gasteiger partial charge is 0.248 e. The average molecular weight is 488 g/mol. The molecule has 0 bridgehead atoms. The van der Waals surface area contributed by atoms with E-state index in [-0.39, 0.29) is 40.7 Å². The molecule has 1 atom stereocenters. The second-order valence-corrected chi connectivity index (χ2v) is 9.86. The third-order valence-electron chi connectivity index (χ3n) is 5.64. The van der Waals surface area contributed by atoms with Crippen LogP contribution in [0.15, 0.2) is 57.9 Å². The van der Waals surface area contributed by atoms with Crippen LogP contribution >= 0.6 is 0 Å². The van der Waals surface area contributed by atoms with Gasteiger partial charge in [0.15, 0.2) is 10.7 Å². The van der Waals surface area contributed by atoms with E-state index in [4.69, 9.17) is 4.52 Å². The van der Waals surface area contributed by atoms with Gasteiger partial charge in [-0.15, -0.1) is 0 Å². The molecular weight excluding hydrogens is 464 g/mol. The largest absolute Gasteiger partial charge is 0.355 e. The molecule has 1 aliphatic rings. The van der Waals surface area contributed by atoms with E-state index in [0.29, 0.717) is 12.8 Å². The van der Waals surface area contributed by atoms with Crippen molar-refractivity contribution in [1.29, 1.82) is 0 Å². The predicted molar refractivity (Wildman–Crippen MR) is 123 cm³/mol. The van der Waals surface area contributed by atoms with E-state index < -0.39 is 33.5 Å². The van der Waals surface area contributed by atoms with Crippen molar-refractivity contribution in [3.8, 4) is 0 Å². The monoisotopic (exact) mass is 487 g/mol. The molecule has 1 N–H and O–H groups in total. The van der Waals surface area contributed by atoms with Gasteiger partial charge in [0.1, 0.15) is 17.3 Å². The van der Waals surface area contributed by atoms with E-state index in [2.05, 4.69) is 10.5 Å². The van der Waals surface area contributed by atoms with Crippen molar-refractivity contribution in [2.45, 2.75) is 24.7 Å². The quantitative estimate of drug-likeness (QED) is 0.554. The van der Waals surface area contributed by atoms with E-state index in [1.54, 1.807) is 24.3 Å². The van der Waals surface area contributed by atoms with Crippen molar-refractivity contribution in [3.63, 3.8) is 0 Å². The Morgan fingerprint density at radius 1 is 1.12 bits per heavy atom. The molecule has 3 aromatic rings. The van der Waals surface area contributed by atoms with Crippen LogP contribution in [0.3, 0.4) is 0 Å². The van der Waals surface area contributed by atoms with Gasteiger partial charge in [-0.05, 0) is 50.1 Å². The molecule has 34 heavy (non-hydrogen) atoms. The molecule has 1 unspecified atom stereocenters. The Kier molecular flexibility index (Phi) is 6.90. The maximum atomic E-state index is 13.9. The lowest BCUT2D eigenvalue weighted by Gasteiger charge is -2.31. The molecule has 1 aromatic heterocycles. The standard InChI is InChI=1S/C24H23F2N3O4S/c1-16-23(22(33-28-16)13-12-17-7-2-3-9-19(17)25)34(31,32)29-14-6-8-18(15-29)24(30)27-21-11-5-4-10-20(21)26/h2-5,7,9-13,18H,6,8,14-15H2,1H3,(H,27,30). The number of halogens is 2. The molecule has 7 nitrogen and oxygen atoms in total. The molecule has 0 saturated carbocycles. The van der Waals surface area contributed by atoms with Crippen molar-refractivity contribution >= 4 is 33.8 Å². The molecule has 2 aromatic carbocycles. The number of amides is 1. The highest BCUT2D eigenvalue weighted by molar-refractivity contribution is 7.89. The number of anilines is 1. The van der Waals surface area contributed by atoms with Gasteiger partial charge in [0, 0.05) is 18.7 Å². The van der Waals surface area contributed by atoms with Gasteiger partial charge in [-0.3, -0.25) is 4.79 Å². The molecule has 1 amide bonds. The summed E-state index contributed by atoms with van der Waals surface area (Å²) < 4.78 is 61.2. The minimum atomic E-state index is -4.06. The van der Waals surface area contributed by atoms with Crippen LogP contribution in [0, 0.1) is 24.5 Å². The zero-order chi connectivity index (χ0) is 24.3. The highest BCUT2D eigenvalue weighted by Crippen LogP contribution is 2.30. The van der Waals surface area contributed by atoms with Gasteiger partial charge in [0.2, 0.25) is 15.9 Å². The summed E-state index contributed by atoms with van der Waals surface area (Å²) in [7, 11) is -4.06. The van der Waals surface area contributed by atoms with Crippen LogP contribution in [0.4, 0.5) is 14.5 Å². The zero-order valence-electron chi connectivity index (χ0n) is 18.4. The summed E-state index contributed by atoms with van der Waals surface area (Å²) >= 11 is 0. The molecule has 0 spiro atoms. The second kappa shape index (κ2) is 9.86. The third kappa shape index (κ3) is 4.92. The lowest BCUT2D eigenvalue weighted by molar-refractivity contribution is -0.120. The SMILES string of the molecule is Cc1noc(C=Cc2ccccc2F)c1S(=O)(=O)N1CCCC(C(=O)Nc2ccccc2F)C1. The number of nitrogens with one attached hydrogen (secondary N) is 1. The summed E-state index contributed by atoms with van der Waals surface area (Å²) in [5, 5.41) is 6.33. The fourth-order valence-corrected chi connectivity index (χ4v) is 5.65. The van der Waals surface area contributed by atoms with Gasteiger partial charge < -0.3 is 9.84 Å². The number of hydrogen-bond donors (Lipinski definition) is 1. The van der Waals surface area contributed by atoms with Crippen molar-refractivity contribution in [2.24, 2.45) is 5.92 Å². The van der Waals surface area contributed by atoms with Crippen molar-refractivity contribution in [2.75, 3.05) is 18.4 Å². The average Bonchev–Trinajstić information content (AvgIpc) is 3.21. The lowest BCUT2D eigenvalue weighted by Crippen LogP contribution is -2.44. The predicted octanol–water partition coefficient (Wildman–Crippen LogP) is 4.47. The summed E-state index contributed by atoms with van der Waals surface area (Å²) in [5.41, 5.74) is 0.469. The number of piperidine rings is 1. The molecule has 1 fully saturated rings. The normalized spacial score (nSPS) is 17.2. The molecule has 4 rings (SSSR count). The Balaban J connectivity index is 1.55. The summed E-state index contributed by atoms with van der Waals surface area (Å²) in [6.07, 6.45) is 3.70. The number of hydrogen-bond acceptors (Lipinski definition) is 5. The third-order valence-corrected chi connectivity index (χ3v) is 7.66. The molecule has 0 radical (unpaired) electrons. The van der Waals surface area contributed by atoms with Crippen LogP contribution in [0.25, 0.3) is 12.2 Å². The van der Waals surface area contributed by atoms with Crippen LogP contribution in [0.2, 0.25) is 0 Å². The van der Waals surface area contributed by atoms with Crippen molar-refractivity contribution in [1.82, 2.24) is 9.46 Å². The van der Waals surface area contributed by atoms with E-state index in [1.807, 2.05) is 0 Å². The number of para-hydroxylation sites is 1. The Bertz CT molecular complexity index is 1340. The Morgan fingerprint density at radius 3 is 2.56 bits per heavy atom. The van der Waals surface area contributed by atoms with Gasteiger partial charge in [-0.25, -0.2) is 17.2 Å². The molecule has 0 aliphatic carbocycles. The fraction of sp³-hybridized carbons (Fsp3) is 0.250. The summed E-state index contributed by atoms with van der Waals surface area (Å²) in [4.78, 5) is 12.6. The van der Waals surface area contributed by atoms with E-state index >= 15 is 0 Å². The van der Waals surface area contributed by atoms with Crippen LogP contribution in [0.5, 0.6) is 0 Å². The molecule has 2 heterocycles. The van der Waals surface area contributed by atoms with Crippen LogP contribution < -0.4 is 5.32 Å². The summed E-state index contributed by atoms with van der Waals surface area (Å²) in [6, 6.07) is 11.8. The van der Waals surface area contributed by atoms with Gasteiger partial charge in [-0.2, -0.15) is 4.31 Å². The first-order chi connectivity index (χ1) is 16.3. The number of aryl methyl sites for hydroxylation is 1. The zero-order valence-corrected chi connectivity index (χ0v) is 19.2. The first-order valence-corrected chi connectivity index (χ1v) is 12.2. The van der Waals surface area contributed by atoms with Crippen LogP contribution in [-0.2, 0) is 14.8 Å². The Labute approximate surface area is 196 Å². The topological polar surface area (TPSA) is 92.5 Å². The summed E-state index contributed by atoms with van der Waals surface area (Å²) in [6.45, 7) is 1.65. The second-order valence-electron chi connectivity index (χ2n) is 7.99. The molecule has 1 aliphatic heterocycles. The minimum absolute atomic E-state index is 0.0290. The molecule has 1 saturated heterocycles.